The van der Waals surface area contributed by atoms with Gasteiger partial charge in [-0.25, -0.2) is 0 Å². The van der Waals surface area contributed by atoms with Crippen molar-refractivity contribution in [3.63, 3.8) is 0 Å². The minimum atomic E-state index is -0.158. The van der Waals surface area contributed by atoms with E-state index in [2.05, 4.69) is 17.3 Å². The van der Waals surface area contributed by atoms with E-state index in [1.165, 1.54) is 0 Å². The maximum Gasteiger partial charge on any atom is 0.243 e. The minimum Gasteiger partial charge on any atom is -0.490 e. The third kappa shape index (κ3) is 4.47. The van der Waals surface area contributed by atoms with Gasteiger partial charge in [-0.1, -0.05) is 0 Å². The van der Waals surface area contributed by atoms with Crippen LogP contribution in [0.15, 0.2) is 24.3 Å². The molecule has 6 heteroatoms. The van der Waals surface area contributed by atoms with Crippen LogP contribution in [-0.4, -0.2) is 60.9 Å². The lowest BCUT2D eigenvalue weighted by molar-refractivity contribution is -0.131. The second kappa shape index (κ2) is 7.66. The fraction of sp³-hybridized carbons (Fsp3) is 0.556. The van der Waals surface area contributed by atoms with Crippen molar-refractivity contribution in [3.8, 4) is 5.75 Å². The average molecular weight is 331 g/mol. The largest absolute Gasteiger partial charge is 0.490 e. The summed E-state index contributed by atoms with van der Waals surface area (Å²) in [5.74, 6) is 0.735. The number of ether oxygens (including phenoxy) is 1. The number of piperidine rings is 1. The molecule has 24 heavy (non-hydrogen) atoms. The number of nitrogens with zero attached hydrogens (tertiary/aromatic N) is 2. The van der Waals surface area contributed by atoms with E-state index in [0.29, 0.717) is 13.0 Å². The summed E-state index contributed by atoms with van der Waals surface area (Å²) in [6.07, 6.45) is 3.74. The Balaban J connectivity index is 1.47. The molecule has 2 fully saturated rings. The number of likely N-dealkylation sites (tertiary alicyclic amines) is 2. The number of nitrogens with one attached hydrogen (secondary N) is 1. The monoisotopic (exact) mass is 331 g/mol. The summed E-state index contributed by atoms with van der Waals surface area (Å²) in [6, 6.07) is 7.45. The highest BCUT2D eigenvalue weighted by Crippen LogP contribution is 2.21. The van der Waals surface area contributed by atoms with Gasteiger partial charge in [0.25, 0.3) is 0 Å². The molecule has 2 saturated heterocycles. The molecule has 130 valence electrons. The molecule has 1 aromatic carbocycles. The Morgan fingerprint density at radius 1 is 1.21 bits per heavy atom. The zero-order valence-electron chi connectivity index (χ0n) is 14.2. The first-order chi connectivity index (χ1) is 11.6. The van der Waals surface area contributed by atoms with E-state index in [-0.39, 0.29) is 24.5 Å². The quantitative estimate of drug-likeness (QED) is 0.892. The lowest BCUT2D eigenvalue weighted by Crippen LogP contribution is -2.35. The van der Waals surface area contributed by atoms with E-state index >= 15 is 0 Å². The van der Waals surface area contributed by atoms with Crippen LogP contribution >= 0.6 is 0 Å². The second-order valence-electron chi connectivity index (χ2n) is 6.61. The van der Waals surface area contributed by atoms with Gasteiger partial charge in [0, 0.05) is 31.7 Å². The summed E-state index contributed by atoms with van der Waals surface area (Å²) in [7, 11) is 2.13. The Labute approximate surface area is 142 Å². The van der Waals surface area contributed by atoms with Crippen molar-refractivity contribution in [1.82, 2.24) is 9.80 Å². The van der Waals surface area contributed by atoms with Crippen molar-refractivity contribution >= 4 is 17.5 Å². The van der Waals surface area contributed by atoms with Crippen LogP contribution in [0.2, 0.25) is 0 Å². The molecular formula is C18H25N3O3. The summed E-state index contributed by atoms with van der Waals surface area (Å²) < 4.78 is 5.99. The summed E-state index contributed by atoms with van der Waals surface area (Å²) in [5, 5.41) is 2.83. The molecule has 0 radical (unpaired) electrons. The van der Waals surface area contributed by atoms with Crippen molar-refractivity contribution in [3.05, 3.63) is 24.3 Å². The number of carbonyl (C=O) groups is 2. The average Bonchev–Trinajstić information content (AvgIpc) is 2.96. The number of hydrogen-bond donors (Lipinski definition) is 1. The molecule has 0 aliphatic carbocycles. The van der Waals surface area contributed by atoms with E-state index < -0.39 is 0 Å². The third-order valence-corrected chi connectivity index (χ3v) is 4.61. The van der Waals surface area contributed by atoms with E-state index in [4.69, 9.17) is 4.74 Å². The van der Waals surface area contributed by atoms with E-state index in [1.54, 1.807) is 4.90 Å². The fourth-order valence-corrected chi connectivity index (χ4v) is 3.16. The van der Waals surface area contributed by atoms with Crippen molar-refractivity contribution in [2.45, 2.75) is 31.8 Å². The number of carbonyl (C=O) groups excluding carboxylic acids is 2. The first-order valence-corrected chi connectivity index (χ1v) is 8.63. The van der Waals surface area contributed by atoms with E-state index in [1.807, 2.05) is 24.3 Å². The molecule has 0 spiro atoms. The maximum absolute atomic E-state index is 12.0. The van der Waals surface area contributed by atoms with Crippen LogP contribution in [0.1, 0.15) is 25.7 Å². The number of rotatable bonds is 5. The van der Waals surface area contributed by atoms with Gasteiger partial charge in [-0.05, 0) is 50.6 Å². The number of hydrogen-bond acceptors (Lipinski definition) is 4. The Hall–Kier alpha value is -2.08. The van der Waals surface area contributed by atoms with Crippen molar-refractivity contribution in [1.29, 1.82) is 0 Å². The first-order valence-electron chi connectivity index (χ1n) is 8.63. The molecule has 2 amide bonds. The minimum absolute atomic E-state index is 0.0621. The van der Waals surface area contributed by atoms with Crippen molar-refractivity contribution in [2.24, 2.45) is 0 Å². The Kier molecular flexibility index (Phi) is 5.35. The van der Waals surface area contributed by atoms with Gasteiger partial charge in [-0.2, -0.15) is 0 Å². The lowest BCUT2D eigenvalue weighted by Gasteiger charge is -2.29. The predicted octanol–water partition coefficient (Wildman–Crippen LogP) is 1.72. The first kappa shape index (κ1) is 16.8. The molecule has 1 aromatic rings. The summed E-state index contributed by atoms with van der Waals surface area (Å²) in [6.45, 7) is 2.93. The number of benzene rings is 1. The SMILES string of the molecule is CN1CCC(Oc2ccc(NC(=O)CN3CCCC3=O)cc2)CC1. The van der Waals surface area contributed by atoms with Gasteiger partial charge in [-0.3, -0.25) is 9.59 Å². The van der Waals surface area contributed by atoms with Gasteiger partial charge in [-0.15, -0.1) is 0 Å². The molecule has 0 aromatic heterocycles. The number of anilines is 1. The molecule has 0 saturated carbocycles. The van der Waals surface area contributed by atoms with Crippen LogP contribution in [0.4, 0.5) is 5.69 Å². The standard InChI is InChI=1S/C18H25N3O3/c1-20-11-8-16(9-12-20)24-15-6-4-14(5-7-15)19-17(22)13-21-10-2-3-18(21)23/h4-7,16H,2-3,8-13H2,1H3,(H,19,22). The van der Waals surface area contributed by atoms with Crippen LogP contribution in [0, 0.1) is 0 Å². The Bertz CT molecular complexity index is 580. The zero-order valence-corrected chi connectivity index (χ0v) is 14.2. The van der Waals surface area contributed by atoms with Crippen LogP contribution in [-0.2, 0) is 9.59 Å². The van der Waals surface area contributed by atoms with Crippen LogP contribution in [0.5, 0.6) is 5.75 Å². The molecule has 0 atom stereocenters. The molecule has 6 nitrogen and oxygen atoms in total. The maximum atomic E-state index is 12.0. The topological polar surface area (TPSA) is 61.9 Å². The third-order valence-electron chi connectivity index (χ3n) is 4.61. The zero-order chi connectivity index (χ0) is 16.9. The highest BCUT2D eigenvalue weighted by atomic mass is 16.5. The van der Waals surface area contributed by atoms with Gasteiger partial charge in [0.15, 0.2) is 0 Å². The molecule has 2 aliphatic heterocycles. The molecule has 0 bridgehead atoms. The van der Waals surface area contributed by atoms with E-state index in [9.17, 15) is 9.59 Å². The number of amides is 2. The van der Waals surface area contributed by atoms with Crippen LogP contribution in [0.25, 0.3) is 0 Å². The van der Waals surface area contributed by atoms with Gasteiger partial charge >= 0.3 is 0 Å². The van der Waals surface area contributed by atoms with Crippen LogP contribution < -0.4 is 10.1 Å². The molecule has 2 aliphatic rings. The fourth-order valence-electron chi connectivity index (χ4n) is 3.16. The van der Waals surface area contributed by atoms with Gasteiger partial charge < -0.3 is 19.9 Å². The van der Waals surface area contributed by atoms with Crippen molar-refractivity contribution in [2.75, 3.05) is 38.5 Å². The second-order valence-corrected chi connectivity index (χ2v) is 6.61. The van der Waals surface area contributed by atoms with E-state index in [0.717, 1.165) is 43.8 Å². The van der Waals surface area contributed by atoms with Gasteiger partial charge in [0.05, 0.1) is 6.54 Å². The molecule has 3 rings (SSSR count). The highest BCUT2D eigenvalue weighted by Gasteiger charge is 2.22. The highest BCUT2D eigenvalue weighted by molar-refractivity contribution is 5.94. The Morgan fingerprint density at radius 2 is 1.92 bits per heavy atom. The van der Waals surface area contributed by atoms with Crippen LogP contribution in [0.3, 0.4) is 0 Å². The Morgan fingerprint density at radius 3 is 2.54 bits per heavy atom. The van der Waals surface area contributed by atoms with Gasteiger partial charge in [0.2, 0.25) is 11.8 Å². The predicted molar refractivity (Wildman–Crippen MR) is 92.0 cm³/mol. The summed E-state index contributed by atoms with van der Waals surface area (Å²) >= 11 is 0. The normalized spacial score (nSPS) is 19.5. The smallest absolute Gasteiger partial charge is 0.243 e. The molecule has 0 unspecified atom stereocenters. The summed E-state index contributed by atoms with van der Waals surface area (Å²) in [4.78, 5) is 27.5. The summed E-state index contributed by atoms with van der Waals surface area (Å²) in [5.41, 5.74) is 0.724. The van der Waals surface area contributed by atoms with Gasteiger partial charge in [0.1, 0.15) is 11.9 Å². The molecule has 1 N–H and O–H groups in total. The molecular weight excluding hydrogens is 306 g/mol. The molecule has 2 heterocycles. The van der Waals surface area contributed by atoms with Crippen molar-refractivity contribution < 1.29 is 14.3 Å². The lowest BCUT2D eigenvalue weighted by atomic mass is 10.1.